The average molecular weight is 591 g/mol. The van der Waals surface area contributed by atoms with E-state index in [1.807, 2.05) is 12.1 Å². The molecule has 0 spiro atoms. The number of aryl methyl sites for hydroxylation is 1. The number of fused-ring (bicyclic) bond motifs is 1. The molecule has 0 amide bonds. The lowest BCUT2D eigenvalue weighted by atomic mass is 9.79. The van der Waals surface area contributed by atoms with Crippen LogP contribution in [-0.2, 0) is 24.4 Å². The van der Waals surface area contributed by atoms with Gasteiger partial charge in [-0.2, -0.15) is 26.3 Å². The molecule has 218 valence electrons. The molecule has 2 heterocycles. The van der Waals surface area contributed by atoms with Crippen LogP contribution >= 0.6 is 0 Å². The van der Waals surface area contributed by atoms with Crippen LogP contribution in [0.1, 0.15) is 40.5 Å². The largest absolute Gasteiger partial charge is 0.673 e. The van der Waals surface area contributed by atoms with Gasteiger partial charge in [0.1, 0.15) is 17.3 Å². The van der Waals surface area contributed by atoms with Gasteiger partial charge in [-0.05, 0) is 35.7 Å². The number of benzene rings is 3. The van der Waals surface area contributed by atoms with Gasteiger partial charge in [0.15, 0.2) is 0 Å². The third kappa shape index (κ3) is 6.72. The number of rotatable bonds is 4. The van der Waals surface area contributed by atoms with Crippen LogP contribution in [0, 0.1) is 0 Å². The second-order valence-corrected chi connectivity index (χ2v) is 9.20. The molecule has 41 heavy (non-hydrogen) atoms. The van der Waals surface area contributed by atoms with Gasteiger partial charge in [-0.3, -0.25) is 0 Å². The Morgan fingerprint density at radius 1 is 0.732 bits per heavy atom. The first-order valence-electron chi connectivity index (χ1n) is 12.0. The summed E-state index contributed by atoms with van der Waals surface area (Å²) >= 11 is 0. The third-order valence-corrected chi connectivity index (χ3v) is 6.48. The summed E-state index contributed by atoms with van der Waals surface area (Å²) in [5, 5.41) is 16.4. The number of alkyl halides is 6. The highest BCUT2D eigenvalue weighted by molar-refractivity contribution is 6.50. The fourth-order valence-corrected chi connectivity index (χ4v) is 4.77. The zero-order valence-electron chi connectivity index (χ0n) is 20.7. The molecular formula is C26H20BF10N3O. The first-order chi connectivity index (χ1) is 19.0. The van der Waals surface area contributed by atoms with E-state index in [0.717, 1.165) is 4.68 Å². The molecule has 1 aromatic heterocycles. The van der Waals surface area contributed by atoms with Crippen LogP contribution in [-0.4, -0.2) is 22.1 Å². The maximum atomic E-state index is 13.4. The van der Waals surface area contributed by atoms with Crippen LogP contribution in [0.25, 0.3) is 5.69 Å². The highest BCUT2D eigenvalue weighted by atomic mass is 19.5. The van der Waals surface area contributed by atoms with Crippen molar-refractivity contribution in [2.75, 3.05) is 0 Å². The SMILES string of the molecule is F[B-](F)(F)F.OC(c1ccccc1)(c1ccccc1)[C@@H]1CCc2nn(-c3cc(C(F)(F)F)cc(C(F)(F)F)c3)c[n+]21. The quantitative estimate of drug-likeness (QED) is 0.159. The molecule has 4 nitrogen and oxygen atoms in total. The van der Waals surface area contributed by atoms with Crippen molar-refractivity contribution in [2.45, 2.75) is 36.8 Å². The fourth-order valence-electron chi connectivity index (χ4n) is 4.77. The molecule has 1 atom stereocenters. The summed E-state index contributed by atoms with van der Waals surface area (Å²) in [6, 6.07) is 18.6. The molecule has 0 radical (unpaired) electrons. The molecule has 4 aromatic rings. The lowest BCUT2D eigenvalue weighted by molar-refractivity contribution is -0.731. The van der Waals surface area contributed by atoms with Crippen LogP contribution in [0.2, 0.25) is 0 Å². The van der Waals surface area contributed by atoms with E-state index in [4.69, 9.17) is 0 Å². The van der Waals surface area contributed by atoms with Crippen molar-refractivity contribution in [3.8, 4) is 5.69 Å². The Morgan fingerprint density at radius 3 is 1.59 bits per heavy atom. The Kier molecular flexibility index (Phi) is 7.96. The van der Waals surface area contributed by atoms with Gasteiger partial charge in [0.2, 0.25) is 6.33 Å². The Hall–Kier alpha value is -3.88. The topological polar surface area (TPSA) is 41.9 Å². The average Bonchev–Trinajstić information content (AvgIpc) is 3.48. The van der Waals surface area contributed by atoms with Crippen molar-refractivity contribution in [2.24, 2.45) is 0 Å². The first-order valence-corrected chi connectivity index (χ1v) is 12.0. The van der Waals surface area contributed by atoms with Gasteiger partial charge in [0, 0.05) is 11.5 Å². The molecule has 0 fully saturated rings. The van der Waals surface area contributed by atoms with Crippen molar-refractivity contribution in [3.63, 3.8) is 0 Å². The minimum Gasteiger partial charge on any atom is -0.418 e. The molecule has 0 saturated carbocycles. The maximum absolute atomic E-state index is 13.4. The Labute approximate surface area is 226 Å². The lowest BCUT2D eigenvalue weighted by Gasteiger charge is -2.34. The standard InChI is InChI=1S/C26H20F6N3O.BF4/c27-25(28,29)19-13-20(26(30,31)32)15-21(14-19)35-16-34-22(11-12-23(34)33-35)24(36,17-7-3-1-4-8-17)18-9-5-2-6-10-18;2-1(3,4)5/h1-10,13-16,22,36H,11-12H2;/q+1;-1/t22-;/m0./s1. The molecule has 0 saturated heterocycles. The summed E-state index contributed by atoms with van der Waals surface area (Å²) in [5.41, 5.74) is -3.53. The van der Waals surface area contributed by atoms with E-state index in [0.29, 0.717) is 41.9 Å². The number of aromatic nitrogens is 3. The number of halogens is 10. The number of hydrogen-bond acceptors (Lipinski definition) is 2. The molecule has 5 rings (SSSR count). The van der Waals surface area contributed by atoms with Crippen molar-refractivity contribution in [3.05, 3.63) is 113 Å². The fraction of sp³-hybridized carbons (Fsp3) is 0.231. The van der Waals surface area contributed by atoms with Crippen LogP contribution in [0.4, 0.5) is 43.6 Å². The van der Waals surface area contributed by atoms with Crippen molar-refractivity contribution >= 4 is 7.25 Å². The van der Waals surface area contributed by atoms with E-state index in [-0.39, 0.29) is 11.8 Å². The molecule has 0 aliphatic carbocycles. The zero-order valence-corrected chi connectivity index (χ0v) is 20.7. The highest BCUT2D eigenvalue weighted by Gasteiger charge is 2.48. The van der Waals surface area contributed by atoms with Gasteiger partial charge < -0.3 is 22.4 Å². The van der Waals surface area contributed by atoms with Gasteiger partial charge in [0.05, 0.1) is 11.1 Å². The Bertz CT molecular complexity index is 1410. The summed E-state index contributed by atoms with van der Waals surface area (Å²) in [7, 11) is -6.00. The minimum atomic E-state index is -6.00. The number of nitrogens with zero attached hydrogens (tertiary/aromatic N) is 3. The van der Waals surface area contributed by atoms with E-state index < -0.39 is 42.4 Å². The van der Waals surface area contributed by atoms with E-state index in [1.165, 1.54) is 6.33 Å². The smallest absolute Gasteiger partial charge is 0.418 e. The van der Waals surface area contributed by atoms with Crippen LogP contribution in [0.15, 0.2) is 85.2 Å². The molecule has 3 aromatic carbocycles. The molecule has 1 aliphatic heterocycles. The van der Waals surface area contributed by atoms with Gasteiger partial charge in [-0.1, -0.05) is 65.3 Å². The number of aliphatic hydroxyl groups is 1. The predicted molar refractivity (Wildman–Crippen MR) is 127 cm³/mol. The zero-order chi connectivity index (χ0) is 30.2. The Morgan fingerprint density at radius 2 is 1.17 bits per heavy atom. The molecular weight excluding hydrogens is 571 g/mol. The van der Waals surface area contributed by atoms with Crippen LogP contribution in [0.5, 0.6) is 0 Å². The maximum Gasteiger partial charge on any atom is 0.673 e. The number of hydrogen-bond donors (Lipinski definition) is 1. The van der Waals surface area contributed by atoms with E-state index >= 15 is 0 Å². The summed E-state index contributed by atoms with van der Waals surface area (Å²) in [5.74, 6) is 0.441. The highest BCUT2D eigenvalue weighted by Crippen LogP contribution is 2.42. The van der Waals surface area contributed by atoms with Gasteiger partial charge in [-0.25, -0.2) is 4.57 Å². The summed E-state index contributed by atoms with van der Waals surface area (Å²) in [6.45, 7) is 0. The van der Waals surface area contributed by atoms with Gasteiger partial charge in [0.25, 0.3) is 5.82 Å². The normalized spacial score (nSPS) is 15.7. The van der Waals surface area contributed by atoms with E-state index in [2.05, 4.69) is 5.10 Å². The Balaban J connectivity index is 0.000000714. The third-order valence-electron chi connectivity index (χ3n) is 6.48. The molecule has 15 heteroatoms. The second-order valence-electron chi connectivity index (χ2n) is 9.20. The molecule has 1 N–H and O–H groups in total. The predicted octanol–water partition coefficient (Wildman–Crippen LogP) is 6.92. The summed E-state index contributed by atoms with van der Waals surface area (Å²) < 4.78 is 122. The molecule has 0 bridgehead atoms. The summed E-state index contributed by atoms with van der Waals surface area (Å²) in [4.78, 5) is 0. The van der Waals surface area contributed by atoms with Crippen molar-refractivity contribution in [1.82, 2.24) is 9.78 Å². The molecule has 0 unspecified atom stereocenters. The van der Waals surface area contributed by atoms with Crippen LogP contribution < -0.4 is 4.57 Å². The second kappa shape index (κ2) is 10.8. The monoisotopic (exact) mass is 591 g/mol. The van der Waals surface area contributed by atoms with Crippen LogP contribution in [0.3, 0.4) is 0 Å². The first kappa shape index (κ1) is 30.1. The van der Waals surface area contributed by atoms with E-state index in [1.54, 1.807) is 53.1 Å². The summed E-state index contributed by atoms with van der Waals surface area (Å²) in [6.07, 6.45) is -7.74. The van der Waals surface area contributed by atoms with Gasteiger partial charge >= 0.3 is 19.6 Å². The minimum absolute atomic E-state index is 0.0835. The van der Waals surface area contributed by atoms with Gasteiger partial charge in [-0.15, -0.1) is 0 Å². The molecule has 1 aliphatic rings. The van der Waals surface area contributed by atoms with Crippen molar-refractivity contribution < 1.29 is 53.3 Å². The van der Waals surface area contributed by atoms with Crippen molar-refractivity contribution in [1.29, 1.82) is 0 Å². The lowest BCUT2D eigenvalue weighted by Crippen LogP contribution is -2.50. The van der Waals surface area contributed by atoms with E-state index in [9.17, 15) is 48.7 Å².